The number of hydrogen-bond acceptors (Lipinski definition) is 4. The molecule has 0 bridgehead atoms. The minimum absolute atomic E-state index is 0.0220. The third-order valence-corrected chi connectivity index (χ3v) is 2.97. The van der Waals surface area contributed by atoms with E-state index in [1.807, 2.05) is 26.0 Å². The molecule has 0 unspecified atom stereocenters. The summed E-state index contributed by atoms with van der Waals surface area (Å²) in [5.41, 5.74) is 6.04. The Morgan fingerprint density at radius 3 is 2.71 bits per heavy atom. The Balaban J connectivity index is 2.77. The van der Waals surface area contributed by atoms with Gasteiger partial charge in [-0.05, 0) is 26.0 Å². The maximum atomic E-state index is 12.3. The summed E-state index contributed by atoms with van der Waals surface area (Å²) >= 11 is 0. The highest BCUT2D eigenvalue weighted by molar-refractivity contribution is 5.91. The van der Waals surface area contributed by atoms with Crippen molar-refractivity contribution in [3.05, 3.63) is 24.3 Å². The molecule has 0 saturated heterocycles. The van der Waals surface area contributed by atoms with Crippen LogP contribution in [0, 0.1) is 0 Å². The number of amidine groups is 1. The highest BCUT2D eigenvalue weighted by atomic mass is 16.5. The zero-order valence-electron chi connectivity index (χ0n) is 12.5. The van der Waals surface area contributed by atoms with E-state index in [9.17, 15) is 4.79 Å². The number of urea groups is 1. The van der Waals surface area contributed by atoms with Crippen LogP contribution in [0.4, 0.5) is 10.5 Å². The number of carbonyl (C=O) groups is 1. The second-order valence-corrected chi connectivity index (χ2v) is 4.76. The molecule has 0 aliphatic rings. The summed E-state index contributed by atoms with van der Waals surface area (Å²) in [5.74, 6) is 0.678. The maximum absolute atomic E-state index is 12.3. The van der Waals surface area contributed by atoms with E-state index in [-0.39, 0.29) is 17.9 Å². The van der Waals surface area contributed by atoms with Crippen LogP contribution in [0.2, 0.25) is 0 Å². The topological polar surface area (TPSA) is 100 Å². The number of methoxy groups -OCH3 is 1. The number of anilines is 1. The van der Waals surface area contributed by atoms with Gasteiger partial charge in [0.25, 0.3) is 0 Å². The Morgan fingerprint density at radius 1 is 1.48 bits per heavy atom. The second kappa shape index (κ2) is 7.98. The number of rotatable bonds is 6. The number of nitrogens with one attached hydrogen (secondary N) is 1. The minimum Gasteiger partial charge on any atom is -0.495 e. The number of oxime groups is 1. The zero-order valence-corrected chi connectivity index (χ0v) is 12.5. The van der Waals surface area contributed by atoms with Crippen molar-refractivity contribution in [2.24, 2.45) is 10.9 Å². The lowest BCUT2D eigenvalue weighted by atomic mass is 10.2. The predicted octanol–water partition coefficient (Wildman–Crippen LogP) is 2.07. The van der Waals surface area contributed by atoms with Gasteiger partial charge in [-0.2, -0.15) is 0 Å². The monoisotopic (exact) mass is 294 g/mol. The van der Waals surface area contributed by atoms with Gasteiger partial charge in [-0.3, -0.25) is 0 Å². The summed E-state index contributed by atoms with van der Waals surface area (Å²) in [6, 6.07) is 6.89. The molecule has 0 aliphatic heterocycles. The molecule has 0 atom stereocenters. The Bertz CT molecular complexity index is 503. The summed E-state index contributed by atoms with van der Waals surface area (Å²) in [6.07, 6.45) is 0.300. The lowest BCUT2D eigenvalue weighted by Gasteiger charge is -2.27. The van der Waals surface area contributed by atoms with Crippen molar-refractivity contribution in [2.45, 2.75) is 26.3 Å². The van der Waals surface area contributed by atoms with Gasteiger partial charge in [0.2, 0.25) is 0 Å². The number of ether oxygens (including phenoxy) is 1. The number of hydrogen-bond donors (Lipinski definition) is 3. The van der Waals surface area contributed by atoms with Crippen LogP contribution < -0.4 is 15.8 Å². The smallest absolute Gasteiger partial charge is 0.322 e. The third kappa shape index (κ3) is 4.87. The molecule has 0 aromatic heterocycles. The standard InChI is InChI=1S/C14H22N4O3/c1-10(2)18(9-8-13(15)17-20)14(19)16-11-6-4-5-7-12(11)21-3/h4-7,10,20H,8-9H2,1-3H3,(H2,15,17)(H,16,19). The average Bonchev–Trinajstić information content (AvgIpc) is 2.47. The summed E-state index contributed by atoms with van der Waals surface area (Å²) in [5, 5.41) is 14.3. The Kier molecular flexibility index (Phi) is 6.32. The molecule has 116 valence electrons. The van der Waals surface area contributed by atoms with Gasteiger partial charge in [-0.15, -0.1) is 0 Å². The molecule has 7 heteroatoms. The van der Waals surface area contributed by atoms with Gasteiger partial charge in [0.05, 0.1) is 12.8 Å². The number of para-hydroxylation sites is 2. The van der Waals surface area contributed by atoms with E-state index < -0.39 is 0 Å². The normalized spacial score (nSPS) is 11.3. The highest BCUT2D eigenvalue weighted by Crippen LogP contribution is 2.23. The van der Waals surface area contributed by atoms with Crippen molar-refractivity contribution in [2.75, 3.05) is 19.0 Å². The highest BCUT2D eigenvalue weighted by Gasteiger charge is 2.18. The molecule has 1 rings (SSSR count). The Labute approximate surface area is 124 Å². The van der Waals surface area contributed by atoms with Crippen LogP contribution in [0.5, 0.6) is 5.75 Å². The Morgan fingerprint density at radius 2 is 2.14 bits per heavy atom. The molecular formula is C14H22N4O3. The zero-order chi connectivity index (χ0) is 15.8. The van der Waals surface area contributed by atoms with Crippen LogP contribution >= 0.6 is 0 Å². The average molecular weight is 294 g/mol. The van der Waals surface area contributed by atoms with Crippen molar-refractivity contribution in [1.29, 1.82) is 0 Å². The lowest BCUT2D eigenvalue weighted by molar-refractivity contribution is 0.198. The number of benzene rings is 1. The van der Waals surface area contributed by atoms with Crippen molar-refractivity contribution in [3.8, 4) is 5.75 Å². The molecule has 0 aliphatic carbocycles. The second-order valence-electron chi connectivity index (χ2n) is 4.76. The molecule has 0 radical (unpaired) electrons. The number of nitrogens with two attached hydrogens (primary N) is 1. The fourth-order valence-electron chi connectivity index (χ4n) is 1.81. The Hall–Kier alpha value is -2.44. The number of nitrogens with zero attached hydrogens (tertiary/aromatic N) is 2. The molecule has 21 heavy (non-hydrogen) atoms. The fraction of sp³-hybridized carbons (Fsp3) is 0.429. The van der Waals surface area contributed by atoms with Crippen LogP contribution in [0.15, 0.2) is 29.4 Å². The lowest BCUT2D eigenvalue weighted by Crippen LogP contribution is -2.41. The summed E-state index contributed by atoms with van der Waals surface area (Å²) in [7, 11) is 1.55. The molecule has 0 fully saturated rings. The largest absolute Gasteiger partial charge is 0.495 e. The van der Waals surface area contributed by atoms with E-state index in [1.54, 1.807) is 24.1 Å². The molecule has 4 N–H and O–H groups in total. The van der Waals surface area contributed by atoms with E-state index >= 15 is 0 Å². The van der Waals surface area contributed by atoms with Gasteiger partial charge >= 0.3 is 6.03 Å². The fourth-order valence-corrected chi connectivity index (χ4v) is 1.81. The molecule has 7 nitrogen and oxygen atoms in total. The van der Waals surface area contributed by atoms with Gasteiger partial charge in [-0.1, -0.05) is 17.3 Å². The van der Waals surface area contributed by atoms with Crippen molar-refractivity contribution >= 4 is 17.6 Å². The van der Waals surface area contributed by atoms with Crippen LogP contribution in [-0.4, -0.2) is 41.7 Å². The van der Waals surface area contributed by atoms with Gasteiger partial charge < -0.3 is 25.9 Å². The summed E-state index contributed by atoms with van der Waals surface area (Å²) in [6.45, 7) is 4.15. The van der Waals surface area contributed by atoms with Crippen molar-refractivity contribution in [1.82, 2.24) is 4.90 Å². The van der Waals surface area contributed by atoms with E-state index in [2.05, 4.69) is 10.5 Å². The first-order chi connectivity index (χ1) is 9.99. The van der Waals surface area contributed by atoms with Crippen LogP contribution in [0.1, 0.15) is 20.3 Å². The SMILES string of the molecule is COc1ccccc1NC(=O)N(CCC(N)=NO)C(C)C. The summed E-state index contributed by atoms with van der Waals surface area (Å²) in [4.78, 5) is 13.9. The van der Waals surface area contributed by atoms with Crippen molar-refractivity contribution < 1.29 is 14.7 Å². The minimum atomic E-state index is -0.264. The van der Waals surface area contributed by atoms with Crippen LogP contribution in [-0.2, 0) is 0 Å². The maximum Gasteiger partial charge on any atom is 0.322 e. The third-order valence-electron chi connectivity index (χ3n) is 2.97. The molecule has 1 aromatic rings. The van der Waals surface area contributed by atoms with E-state index in [1.165, 1.54) is 0 Å². The molecular weight excluding hydrogens is 272 g/mol. The van der Waals surface area contributed by atoms with Gasteiger partial charge in [-0.25, -0.2) is 4.79 Å². The van der Waals surface area contributed by atoms with Gasteiger partial charge in [0.15, 0.2) is 0 Å². The van der Waals surface area contributed by atoms with Crippen LogP contribution in [0.3, 0.4) is 0 Å². The summed E-state index contributed by atoms with van der Waals surface area (Å²) < 4.78 is 5.20. The van der Waals surface area contributed by atoms with Gasteiger partial charge in [0, 0.05) is 19.0 Å². The first kappa shape index (κ1) is 16.6. The van der Waals surface area contributed by atoms with Gasteiger partial charge in [0.1, 0.15) is 11.6 Å². The number of carbonyl (C=O) groups excluding carboxylic acids is 1. The van der Waals surface area contributed by atoms with Crippen LogP contribution in [0.25, 0.3) is 0 Å². The molecule has 0 spiro atoms. The van der Waals surface area contributed by atoms with Crippen molar-refractivity contribution in [3.63, 3.8) is 0 Å². The molecule has 1 aromatic carbocycles. The van der Waals surface area contributed by atoms with E-state index in [0.29, 0.717) is 24.4 Å². The first-order valence-corrected chi connectivity index (χ1v) is 6.66. The number of amides is 2. The van der Waals surface area contributed by atoms with E-state index in [0.717, 1.165) is 0 Å². The van der Waals surface area contributed by atoms with E-state index in [4.69, 9.17) is 15.7 Å². The molecule has 0 saturated carbocycles. The molecule has 2 amide bonds. The quantitative estimate of drug-likeness (QED) is 0.323. The first-order valence-electron chi connectivity index (χ1n) is 6.66. The predicted molar refractivity (Wildman–Crippen MR) is 81.9 cm³/mol. The molecule has 0 heterocycles.